The lowest BCUT2D eigenvalue weighted by molar-refractivity contribution is -0.151. The Labute approximate surface area is 140 Å². The van der Waals surface area contributed by atoms with Crippen molar-refractivity contribution < 1.29 is 14.6 Å². The molecular formula is C20H30O3. The number of esters is 1. The van der Waals surface area contributed by atoms with Crippen molar-refractivity contribution in [2.75, 3.05) is 6.61 Å². The van der Waals surface area contributed by atoms with Gasteiger partial charge in [-0.3, -0.25) is 4.79 Å². The summed E-state index contributed by atoms with van der Waals surface area (Å²) in [5.74, 6) is -0.134. The molecule has 0 aromatic heterocycles. The predicted octanol–water partition coefficient (Wildman–Crippen LogP) is 4.36. The Morgan fingerprint density at radius 3 is 2.39 bits per heavy atom. The molecule has 0 aliphatic heterocycles. The summed E-state index contributed by atoms with van der Waals surface area (Å²) in [7, 11) is 0. The summed E-state index contributed by atoms with van der Waals surface area (Å²) in [6.07, 6.45) is 6.84. The van der Waals surface area contributed by atoms with E-state index in [1.807, 2.05) is 12.1 Å². The molecular weight excluding hydrogens is 288 g/mol. The highest BCUT2D eigenvalue weighted by molar-refractivity contribution is 5.72. The van der Waals surface area contributed by atoms with Gasteiger partial charge in [0, 0.05) is 0 Å². The maximum Gasteiger partial charge on any atom is 0.308 e. The normalized spacial score (nSPS) is 24.4. The van der Waals surface area contributed by atoms with Gasteiger partial charge in [0.1, 0.15) is 0 Å². The molecule has 0 bridgehead atoms. The minimum atomic E-state index is -0.787. The Morgan fingerprint density at radius 1 is 1.17 bits per heavy atom. The average molecular weight is 318 g/mol. The number of benzene rings is 1. The summed E-state index contributed by atoms with van der Waals surface area (Å²) < 4.78 is 5.32. The SMILES string of the molecule is CCCCOC(=O)C1CCC(O)(c2ccc(CCC)cc2)CC1. The van der Waals surface area contributed by atoms with E-state index >= 15 is 0 Å². The number of hydrogen-bond acceptors (Lipinski definition) is 3. The average Bonchev–Trinajstić information content (AvgIpc) is 2.56. The van der Waals surface area contributed by atoms with Crippen molar-refractivity contribution in [3.8, 4) is 0 Å². The number of aliphatic hydroxyl groups is 1. The van der Waals surface area contributed by atoms with Gasteiger partial charge < -0.3 is 9.84 Å². The third-order valence-electron chi connectivity index (χ3n) is 4.92. The van der Waals surface area contributed by atoms with Crippen molar-refractivity contribution in [1.82, 2.24) is 0 Å². The van der Waals surface area contributed by atoms with Crippen LogP contribution in [0.25, 0.3) is 0 Å². The van der Waals surface area contributed by atoms with Gasteiger partial charge in [-0.25, -0.2) is 0 Å². The summed E-state index contributed by atoms with van der Waals surface area (Å²) >= 11 is 0. The lowest BCUT2D eigenvalue weighted by atomic mass is 9.75. The first-order chi connectivity index (χ1) is 11.1. The molecule has 1 fully saturated rings. The van der Waals surface area contributed by atoms with E-state index in [4.69, 9.17) is 4.74 Å². The Balaban J connectivity index is 1.90. The molecule has 3 heteroatoms. The number of ether oxygens (including phenoxy) is 1. The van der Waals surface area contributed by atoms with E-state index in [9.17, 15) is 9.90 Å². The van der Waals surface area contributed by atoms with E-state index < -0.39 is 5.60 Å². The molecule has 0 unspecified atom stereocenters. The summed E-state index contributed by atoms with van der Waals surface area (Å²) in [4.78, 5) is 12.0. The fourth-order valence-corrected chi connectivity index (χ4v) is 3.33. The molecule has 128 valence electrons. The molecule has 1 N–H and O–H groups in total. The maximum atomic E-state index is 12.0. The fourth-order valence-electron chi connectivity index (χ4n) is 3.33. The van der Waals surface area contributed by atoms with E-state index in [0.717, 1.165) is 31.2 Å². The lowest BCUT2D eigenvalue weighted by Crippen LogP contribution is -2.34. The van der Waals surface area contributed by atoms with Crippen LogP contribution in [-0.2, 0) is 21.6 Å². The Bertz CT molecular complexity index is 484. The molecule has 1 aliphatic carbocycles. The molecule has 23 heavy (non-hydrogen) atoms. The van der Waals surface area contributed by atoms with Crippen LogP contribution in [0.5, 0.6) is 0 Å². The summed E-state index contributed by atoms with van der Waals surface area (Å²) in [6, 6.07) is 8.32. The van der Waals surface area contributed by atoms with Crippen LogP contribution in [0.4, 0.5) is 0 Å². The predicted molar refractivity (Wildman–Crippen MR) is 92.2 cm³/mol. The minimum Gasteiger partial charge on any atom is -0.465 e. The van der Waals surface area contributed by atoms with E-state index in [1.165, 1.54) is 5.56 Å². The van der Waals surface area contributed by atoms with Crippen LogP contribution in [-0.4, -0.2) is 17.7 Å². The van der Waals surface area contributed by atoms with E-state index in [1.54, 1.807) is 0 Å². The van der Waals surface area contributed by atoms with Crippen LogP contribution < -0.4 is 0 Å². The van der Waals surface area contributed by atoms with Crippen LogP contribution in [0.2, 0.25) is 0 Å². The number of carbonyl (C=O) groups is 1. The van der Waals surface area contributed by atoms with E-state index in [0.29, 0.717) is 32.3 Å². The van der Waals surface area contributed by atoms with E-state index in [2.05, 4.69) is 26.0 Å². The van der Waals surface area contributed by atoms with Gasteiger partial charge in [0.2, 0.25) is 0 Å². The molecule has 0 spiro atoms. The van der Waals surface area contributed by atoms with Crippen molar-refractivity contribution in [1.29, 1.82) is 0 Å². The van der Waals surface area contributed by atoms with Gasteiger partial charge in [-0.2, -0.15) is 0 Å². The second-order valence-electron chi connectivity index (χ2n) is 6.77. The highest BCUT2D eigenvalue weighted by atomic mass is 16.5. The highest BCUT2D eigenvalue weighted by Crippen LogP contribution is 2.40. The third-order valence-corrected chi connectivity index (χ3v) is 4.92. The zero-order chi connectivity index (χ0) is 16.7. The number of carbonyl (C=O) groups excluding carboxylic acids is 1. The fraction of sp³-hybridized carbons (Fsp3) is 0.650. The number of hydrogen-bond donors (Lipinski definition) is 1. The van der Waals surface area contributed by atoms with Crippen molar-refractivity contribution in [2.45, 2.75) is 70.8 Å². The zero-order valence-corrected chi connectivity index (χ0v) is 14.5. The Morgan fingerprint density at radius 2 is 1.83 bits per heavy atom. The molecule has 1 saturated carbocycles. The zero-order valence-electron chi connectivity index (χ0n) is 14.5. The van der Waals surface area contributed by atoms with Crippen LogP contribution in [0.1, 0.15) is 69.9 Å². The standard InChI is InChI=1S/C20H30O3/c1-3-5-15-23-19(21)17-11-13-20(22,14-12-17)18-9-7-16(6-4-2)8-10-18/h7-10,17,22H,3-6,11-15H2,1-2H3. The van der Waals surface area contributed by atoms with Gasteiger partial charge >= 0.3 is 5.97 Å². The lowest BCUT2D eigenvalue weighted by Gasteiger charge is -2.35. The summed E-state index contributed by atoms with van der Waals surface area (Å²) in [5, 5.41) is 10.9. The highest BCUT2D eigenvalue weighted by Gasteiger charge is 2.37. The molecule has 0 saturated heterocycles. The van der Waals surface area contributed by atoms with Gasteiger partial charge in [-0.05, 0) is 49.7 Å². The summed E-state index contributed by atoms with van der Waals surface area (Å²) in [5.41, 5.74) is 1.51. The smallest absolute Gasteiger partial charge is 0.308 e. The molecule has 1 aromatic rings. The molecule has 0 heterocycles. The van der Waals surface area contributed by atoms with Crippen LogP contribution >= 0.6 is 0 Å². The Kier molecular flexibility index (Phi) is 6.64. The first kappa shape index (κ1) is 18.0. The quantitative estimate of drug-likeness (QED) is 0.600. The van der Waals surface area contributed by atoms with Crippen LogP contribution in [0, 0.1) is 5.92 Å². The topological polar surface area (TPSA) is 46.5 Å². The molecule has 3 nitrogen and oxygen atoms in total. The van der Waals surface area contributed by atoms with Gasteiger partial charge in [0.15, 0.2) is 0 Å². The second kappa shape index (κ2) is 8.49. The second-order valence-corrected chi connectivity index (χ2v) is 6.77. The number of unbranched alkanes of at least 4 members (excludes halogenated alkanes) is 1. The van der Waals surface area contributed by atoms with Gasteiger partial charge in [0.05, 0.1) is 18.1 Å². The third kappa shape index (κ3) is 4.81. The first-order valence-corrected chi connectivity index (χ1v) is 9.07. The van der Waals surface area contributed by atoms with Crippen molar-refractivity contribution in [3.63, 3.8) is 0 Å². The molecule has 1 aliphatic rings. The van der Waals surface area contributed by atoms with Crippen LogP contribution in [0.3, 0.4) is 0 Å². The summed E-state index contributed by atoms with van der Waals surface area (Å²) in [6.45, 7) is 4.78. The largest absolute Gasteiger partial charge is 0.465 e. The van der Waals surface area contributed by atoms with E-state index in [-0.39, 0.29) is 11.9 Å². The molecule has 0 atom stereocenters. The Hall–Kier alpha value is -1.35. The first-order valence-electron chi connectivity index (χ1n) is 9.07. The van der Waals surface area contributed by atoms with Crippen molar-refractivity contribution >= 4 is 5.97 Å². The van der Waals surface area contributed by atoms with Crippen LogP contribution in [0.15, 0.2) is 24.3 Å². The molecule has 0 radical (unpaired) electrons. The number of rotatable bonds is 7. The maximum absolute atomic E-state index is 12.0. The van der Waals surface area contributed by atoms with Gasteiger partial charge in [-0.15, -0.1) is 0 Å². The molecule has 2 rings (SSSR count). The van der Waals surface area contributed by atoms with Gasteiger partial charge in [0.25, 0.3) is 0 Å². The van der Waals surface area contributed by atoms with Gasteiger partial charge in [-0.1, -0.05) is 51.0 Å². The van der Waals surface area contributed by atoms with Crippen molar-refractivity contribution in [2.24, 2.45) is 5.92 Å². The monoisotopic (exact) mass is 318 g/mol. The van der Waals surface area contributed by atoms with Crippen molar-refractivity contribution in [3.05, 3.63) is 35.4 Å². The molecule has 1 aromatic carbocycles. The minimum absolute atomic E-state index is 0.0495. The number of aryl methyl sites for hydroxylation is 1. The molecule has 0 amide bonds.